The second kappa shape index (κ2) is 5.21. The van der Waals surface area contributed by atoms with Crippen molar-refractivity contribution in [1.82, 2.24) is 0 Å². The summed E-state index contributed by atoms with van der Waals surface area (Å²) in [5.74, 6) is 0. The van der Waals surface area contributed by atoms with Crippen molar-refractivity contribution in [3.8, 4) is 0 Å². The Kier molecular flexibility index (Phi) is 3.25. The van der Waals surface area contributed by atoms with Crippen LogP contribution in [0.4, 0.5) is 5.69 Å². The van der Waals surface area contributed by atoms with Gasteiger partial charge in [-0.3, -0.25) is 4.31 Å². The Bertz CT molecular complexity index is 1120. The van der Waals surface area contributed by atoms with Crippen LogP contribution in [0.3, 0.4) is 0 Å². The van der Waals surface area contributed by atoms with Crippen molar-refractivity contribution in [3.63, 3.8) is 0 Å². The van der Waals surface area contributed by atoms with Gasteiger partial charge in [0.25, 0.3) is 10.0 Å². The van der Waals surface area contributed by atoms with E-state index >= 15 is 0 Å². The zero-order valence-electron chi connectivity index (χ0n) is 13.0. The van der Waals surface area contributed by atoms with Crippen LogP contribution < -0.4 is 9.93 Å². The number of aryl methyl sites for hydroxylation is 1. The number of rotatable bonds is 2. The standard InChI is InChI=1S/C18H15NO4S/c1-12-2-5-16-13(10-12)8-9-19(16)24(21,22)15-4-6-17-14(11-15)3-7-18(20)23-17/h2-7,10-11H,8-9H2,1H3. The topological polar surface area (TPSA) is 67.6 Å². The maximum atomic E-state index is 13.0. The van der Waals surface area contributed by atoms with E-state index in [0.717, 1.165) is 16.8 Å². The van der Waals surface area contributed by atoms with Gasteiger partial charge in [-0.1, -0.05) is 17.7 Å². The van der Waals surface area contributed by atoms with Crippen LogP contribution in [0.15, 0.2) is 62.6 Å². The summed E-state index contributed by atoms with van der Waals surface area (Å²) in [7, 11) is -3.65. The molecule has 2 aromatic carbocycles. The first-order valence-corrected chi connectivity index (χ1v) is 9.05. The fourth-order valence-electron chi connectivity index (χ4n) is 3.09. The summed E-state index contributed by atoms with van der Waals surface area (Å²) < 4.78 is 32.6. The Hall–Kier alpha value is -2.60. The van der Waals surface area contributed by atoms with Crippen molar-refractivity contribution < 1.29 is 12.8 Å². The summed E-state index contributed by atoms with van der Waals surface area (Å²) >= 11 is 0. The predicted molar refractivity (Wildman–Crippen MR) is 91.9 cm³/mol. The van der Waals surface area contributed by atoms with Crippen molar-refractivity contribution in [1.29, 1.82) is 0 Å². The van der Waals surface area contributed by atoms with Crippen LogP contribution in [0, 0.1) is 6.92 Å². The van der Waals surface area contributed by atoms with Crippen molar-refractivity contribution in [2.24, 2.45) is 0 Å². The van der Waals surface area contributed by atoms with E-state index in [-0.39, 0.29) is 4.90 Å². The molecule has 122 valence electrons. The molecule has 0 atom stereocenters. The Morgan fingerprint density at radius 2 is 1.88 bits per heavy atom. The highest BCUT2D eigenvalue weighted by molar-refractivity contribution is 7.92. The molecule has 0 unspecified atom stereocenters. The number of hydrogen-bond donors (Lipinski definition) is 0. The van der Waals surface area contributed by atoms with Gasteiger partial charge in [0.05, 0.1) is 10.6 Å². The smallest absolute Gasteiger partial charge is 0.336 e. The number of benzene rings is 2. The molecule has 1 aliphatic rings. The van der Waals surface area contributed by atoms with E-state index in [0.29, 0.717) is 23.9 Å². The lowest BCUT2D eigenvalue weighted by atomic mass is 10.1. The Balaban J connectivity index is 1.82. The highest BCUT2D eigenvalue weighted by Gasteiger charge is 2.30. The summed E-state index contributed by atoms with van der Waals surface area (Å²) in [6.45, 7) is 2.43. The van der Waals surface area contributed by atoms with Crippen LogP contribution in [0.2, 0.25) is 0 Å². The molecule has 0 saturated carbocycles. The predicted octanol–water partition coefficient (Wildman–Crippen LogP) is 2.85. The lowest BCUT2D eigenvalue weighted by Crippen LogP contribution is -2.29. The molecule has 0 saturated heterocycles. The van der Waals surface area contributed by atoms with Crippen LogP contribution in [0.25, 0.3) is 11.0 Å². The number of nitrogens with zero attached hydrogens (tertiary/aromatic N) is 1. The average molecular weight is 341 g/mol. The van der Waals surface area contributed by atoms with Crippen LogP contribution in [-0.2, 0) is 16.4 Å². The minimum absolute atomic E-state index is 0.192. The molecular weight excluding hydrogens is 326 g/mol. The fourth-order valence-corrected chi connectivity index (χ4v) is 4.63. The quantitative estimate of drug-likeness (QED) is 0.672. The summed E-state index contributed by atoms with van der Waals surface area (Å²) in [6.07, 6.45) is 0.707. The van der Waals surface area contributed by atoms with Gasteiger partial charge >= 0.3 is 5.63 Å². The third kappa shape index (κ3) is 2.30. The van der Waals surface area contributed by atoms with Gasteiger partial charge in [-0.15, -0.1) is 0 Å². The van der Waals surface area contributed by atoms with E-state index < -0.39 is 15.6 Å². The number of sulfonamides is 1. The molecule has 1 aromatic heterocycles. The average Bonchev–Trinajstić information content (AvgIpc) is 2.97. The monoisotopic (exact) mass is 341 g/mol. The minimum Gasteiger partial charge on any atom is -0.423 e. The summed E-state index contributed by atoms with van der Waals surface area (Å²) in [5.41, 5.74) is 2.82. The van der Waals surface area contributed by atoms with E-state index in [4.69, 9.17) is 4.42 Å². The van der Waals surface area contributed by atoms with E-state index in [2.05, 4.69) is 0 Å². The zero-order chi connectivity index (χ0) is 16.9. The third-order valence-electron chi connectivity index (χ3n) is 4.27. The Morgan fingerprint density at radius 3 is 2.71 bits per heavy atom. The molecule has 0 radical (unpaired) electrons. The molecule has 3 aromatic rings. The van der Waals surface area contributed by atoms with Crippen LogP contribution in [0.1, 0.15) is 11.1 Å². The van der Waals surface area contributed by atoms with Crippen molar-refractivity contribution in [2.45, 2.75) is 18.2 Å². The molecule has 0 aliphatic carbocycles. The first-order chi connectivity index (χ1) is 11.4. The molecule has 4 rings (SSSR count). The van der Waals surface area contributed by atoms with E-state index in [1.165, 1.54) is 22.5 Å². The second-order valence-electron chi connectivity index (χ2n) is 5.91. The lowest BCUT2D eigenvalue weighted by molar-refractivity contribution is 0.560. The largest absolute Gasteiger partial charge is 0.423 e. The minimum atomic E-state index is -3.65. The van der Waals surface area contributed by atoms with Gasteiger partial charge in [0.2, 0.25) is 0 Å². The molecular formula is C18H15NO4S. The molecule has 24 heavy (non-hydrogen) atoms. The second-order valence-corrected chi connectivity index (χ2v) is 7.78. The Morgan fingerprint density at radius 1 is 1.04 bits per heavy atom. The molecule has 0 amide bonds. The Labute approximate surface area is 139 Å². The van der Waals surface area contributed by atoms with Gasteiger partial charge in [0.1, 0.15) is 5.58 Å². The van der Waals surface area contributed by atoms with E-state index in [9.17, 15) is 13.2 Å². The molecule has 0 N–H and O–H groups in total. The van der Waals surface area contributed by atoms with E-state index in [1.54, 1.807) is 12.1 Å². The van der Waals surface area contributed by atoms with Gasteiger partial charge in [0.15, 0.2) is 0 Å². The van der Waals surface area contributed by atoms with Gasteiger partial charge in [-0.2, -0.15) is 0 Å². The van der Waals surface area contributed by atoms with Gasteiger partial charge in [-0.25, -0.2) is 13.2 Å². The van der Waals surface area contributed by atoms with Crippen LogP contribution in [0.5, 0.6) is 0 Å². The first kappa shape index (κ1) is 15.0. The fraction of sp³-hybridized carbons (Fsp3) is 0.167. The number of hydrogen-bond acceptors (Lipinski definition) is 4. The normalized spacial score (nSPS) is 14.1. The first-order valence-electron chi connectivity index (χ1n) is 7.61. The van der Waals surface area contributed by atoms with Crippen molar-refractivity contribution in [3.05, 3.63) is 70.1 Å². The molecule has 0 fully saturated rings. The summed E-state index contributed by atoms with van der Waals surface area (Å²) in [5, 5.41) is 0.582. The molecule has 1 aliphatic heterocycles. The van der Waals surface area contributed by atoms with Gasteiger partial charge in [-0.05, 0) is 49.2 Å². The maximum Gasteiger partial charge on any atom is 0.336 e. The zero-order valence-corrected chi connectivity index (χ0v) is 13.8. The molecule has 6 heteroatoms. The van der Waals surface area contributed by atoms with E-state index in [1.807, 2.05) is 25.1 Å². The van der Waals surface area contributed by atoms with Gasteiger partial charge in [0, 0.05) is 18.0 Å². The molecule has 0 spiro atoms. The van der Waals surface area contributed by atoms with Crippen LogP contribution in [-0.4, -0.2) is 15.0 Å². The maximum absolute atomic E-state index is 13.0. The SMILES string of the molecule is Cc1ccc2c(c1)CCN2S(=O)(=O)c1ccc2oc(=O)ccc2c1. The van der Waals surface area contributed by atoms with Crippen molar-refractivity contribution in [2.75, 3.05) is 10.8 Å². The molecule has 2 heterocycles. The lowest BCUT2D eigenvalue weighted by Gasteiger charge is -2.20. The number of fused-ring (bicyclic) bond motifs is 2. The van der Waals surface area contributed by atoms with Crippen LogP contribution >= 0.6 is 0 Å². The number of anilines is 1. The summed E-state index contributed by atoms with van der Waals surface area (Å²) in [6, 6.07) is 13.2. The third-order valence-corrected chi connectivity index (χ3v) is 6.08. The molecule has 5 nitrogen and oxygen atoms in total. The van der Waals surface area contributed by atoms with Gasteiger partial charge < -0.3 is 4.42 Å². The highest BCUT2D eigenvalue weighted by atomic mass is 32.2. The molecule has 0 bridgehead atoms. The highest BCUT2D eigenvalue weighted by Crippen LogP contribution is 2.34. The summed E-state index contributed by atoms with van der Waals surface area (Å²) in [4.78, 5) is 11.4. The van der Waals surface area contributed by atoms with Crippen molar-refractivity contribution >= 4 is 26.7 Å².